The smallest absolute Gasteiger partial charge is 0.309 e. The van der Waals surface area contributed by atoms with Crippen molar-refractivity contribution in [2.75, 3.05) is 21.3 Å². The van der Waals surface area contributed by atoms with Gasteiger partial charge in [-0.3, -0.25) is 9.59 Å². The van der Waals surface area contributed by atoms with Crippen molar-refractivity contribution in [2.45, 2.75) is 12.2 Å². The Balaban J connectivity index is 2.34. The topological polar surface area (TPSA) is 61.8 Å². The van der Waals surface area contributed by atoms with E-state index in [0.29, 0.717) is 6.42 Å². The molecule has 0 radical (unpaired) electrons. The van der Waals surface area contributed by atoms with Gasteiger partial charge in [-0.2, -0.15) is 0 Å². The first-order valence-corrected chi connectivity index (χ1v) is 5.51. The largest absolute Gasteiger partial charge is 0.469 e. The second-order valence-corrected chi connectivity index (χ2v) is 4.32. The van der Waals surface area contributed by atoms with Crippen LogP contribution in [0, 0.1) is 17.8 Å². The van der Waals surface area contributed by atoms with Gasteiger partial charge in [0.2, 0.25) is 5.79 Å². The number of Topliss-reactive ketones (excluding diaryl/α,β-unsaturated/α-hetero) is 1. The summed E-state index contributed by atoms with van der Waals surface area (Å²) >= 11 is 0. The fraction of sp³-hybridized carbons (Fsp3) is 0.667. The van der Waals surface area contributed by atoms with Crippen molar-refractivity contribution < 1.29 is 23.8 Å². The SMILES string of the molecule is COC(=O)[C@@H]1C[C@@H]2C=C[C@@H]1C(=O)C2(OC)OC. The van der Waals surface area contributed by atoms with Crippen LogP contribution in [0.3, 0.4) is 0 Å². The van der Waals surface area contributed by atoms with Crippen molar-refractivity contribution in [1.82, 2.24) is 0 Å². The second-order valence-electron chi connectivity index (χ2n) is 4.32. The summed E-state index contributed by atoms with van der Waals surface area (Å²) in [6, 6.07) is 0. The third-order valence-corrected chi connectivity index (χ3v) is 3.74. The average molecular weight is 240 g/mol. The van der Waals surface area contributed by atoms with Gasteiger partial charge in [0, 0.05) is 20.1 Å². The molecular weight excluding hydrogens is 224 g/mol. The van der Waals surface area contributed by atoms with E-state index < -0.39 is 17.6 Å². The zero-order valence-electron chi connectivity index (χ0n) is 10.1. The molecule has 0 unspecified atom stereocenters. The van der Waals surface area contributed by atoms with Gasteiger partial charge in [0.25, 0.3) is 0 Å². The van der Waals surface area contributed by atoms with E-state index in [2.05, 4.69) is 0 Å². The quantitative estimate of drug-likeness (QED) is 0.409. The fourth-order valence-electron chi connectivity index (χ4n) is 2.84. The van der Waals surface area contributed by atoms with E-state index in [1.807, 2.05) is 6.08 Å². The molecule has 17 heavy (non-hydrogen) atoms. The van der Waals surface area contributed by atoms with Gasteiger partial charge in [-0.15, -0.1) is 0 Å². The molecule has 0 aromatic carbocycles. The summed E-state index contributed by atoms with van der Waals surface area (Å²) in [4.78, 5) is 23.9. The Morgan fingerprint density at radius 3 is 2.41 bits per heavy atom. The van der Waals surface area contributed by atoms with Crippen LogP contribution in [0.25, 0.3) is 0 Å². The summed E-state index contributed by atoms with van der Waals surface area (Å²) < 4.78 is 15.2. The van der Waals surface area contributed by atoms with Crippen LogP contribution >= 0.6 is 0 Å². The number of rotatable bonds is 3. The molecule has 3 rings (SSSR count). The standard InChI is InChI=1S/C12H16O5/c1-15-11(14)9-6-7-4-5-8(9)10(13)12(7,16-2)17-3/h4-5,7-9H,6H2,1-3H3/t7-,8-,9+/m0/s1. The van der Waals surface area contributed by atoms with Crippen LogP contribution in [0.2, 0.25) is 0 Å². The second kappa shape index (κ2) is 4.23. The molecule has 2 bridgehead atoms. The number of hydrogen-bond donors (Lipinski definition) is 0. The summed E-state index contributed by atoms with van der Waals surface area (Å²) in [5.74, 6) is -2.94. The van der Waals surface area contributed by atoms with E-state index in [-0.39, 0.29) is 17.7 Å². The van der Waals surface area contributed by atoms with Crippen molar-refractivity contribution >= 4 is 11.8 Å². The van der Waals surface area contributed by atoms with Gasteiger partial charge in [-0.1, -0.05) is 12.2 Å². The molecule has 0 amide bonds. The highest BCUT2D eigenvalue weighted by molar-refractivity contribution is 5.96. The minimum Gasteiger partial charge on any atom is -0.469 e. The van der Waals surface area contributed by atoms with Gasteiger partial charge in [-0.25, -0.2) is 0 Å². The Morgan fingerprint density at radius 1 is 1.29 bits per heavy atom. The van der Waals surface area contributed by atoms with Crippen LogP contribution < -0.4 is 0 Å². The van der Waals surface area contributed by atoms with Crippen molar-refractivity contribution in [2.24, 2.45) is 17.8 Å². The summed E-state index contributed by atoms with van der Waals surface area (Å²) in [7, 11) is 4.23. The molecule has 5 heteroatoms. The molecule has 3 aliphatic rings. The lowest BCUT2D eigenvalue weighted by atomic mass is 9.65. The highest BCUT2D eigenvalue weighted by Gasteiger charge is 2.58. The molecule has 5 nitrogen and oxygen atoms in total. The highest BCUT2D eigenvalue weighted by Crippen LogP contribution is 2.46. The maximum atomic E-state index is 12.3. The molecule has 0 aliphatic heterocycles. The van der Waals surface area contributed by atoms with Gasteiger partial charge >= 0.3 is 5.97 Å². The predicted octanol–water partition coefficient (Wildman–Crippen LogP) is 0.540. The van der Waals surface area contributed by atoms with E-state index in [1.54, 1.807) is 6.08 Å². The minimum absolute atomic E-state index is 0.198. The molecule has 0 heterocycles. The zero-order chi connectivity index (χ0) is 12.6. The van der Waals surface area contributed by atoms with Crippen LogP contribution in [0.4, 0.5) is 0 Å². The van der Waals surface area contributed by atoms with E-state index in [1.165, 1.54) is 21.3 Å². The summed E-state index contributed by atoms with van der Waals surface area (Å²) in [6.07, 6.45) is 4.16. The number of hydrogen-bond acceptors (Lipinski definition) is 5. The zero-order valence-corrected chi connectivity index (χ0v) is 10.1. The monoisotopic (exact) mass is 240 g/mol. The number of carbonyl (C=O) groups excluding carboxylic acids is 2. The van der Waals surface area contributed by atoms with E-state index in [0.717, 1.165) is 0 Å². The number of allylic oxidation sites excluding steroid dienone is 1. The number of methoxy groups -OCH3 is 3. The van der Waals surface area contributed by atoms with Crippen LogP contribution in [0.1, 0.15) is 6.42 Å². The molecular formula is C12H16O5. The van der Waals surface area contributed by atoms with E-state index in [9.17, 15) is 9.59 Å². The maximum absolute atomic E-state index is 12.3. The van der Waals surface area contributed by atoms with Crippen molar-refractivity contribution in [3.05, 3.63) is 12.2 Å². The molecule has 0 saturated heterocycles. The summed E-state index contributed by atoms with van der Waals surface area (Å²) in [5.41, 5.74) is 0. The molecule has 0 N–H and O–H groups in total. The molecule has 1 saturated carbocycles. The highest BCUT2D eigenvalue weighted by atomic mass is 16.7. The third kappa shape index (κ3) is 1.53. The van der Waals surface area contributed by atoms with Crippen LogP contribution in [-0.2, 0) is 23.8 Å². The lowest BCUT2D eigenvalue weighted by molar-refractivity contribution is -0.240. The first-order valence-electron chi connectivity index (χ1n) is 5.51. The number of fused-ring (bicyclic) bond motifs is 2. The summed E-state index contributed by atoms with van der Waals surface area (Å²) in [5, 5.41) is 0. The van der Waals surface area contributed by atoms with Crippen LogP contribution in [0.5, 0.6) is 0 Å². The molecule has 94 valence electrons. The van der Waals surface area contributed by atoms with E-state index in [4.69, 9.17) is 14.2 Å². The Labute approximate surface area is 99.7 Å². The molecule has 3 aliphatic carbocycles. The van der Waals surface area contributed by atoms with Gasteiger partial charge in [0.05, 0.1) is 18.9 Å². The first kappa shape index (κ1) is 12.3. The average Bonchev–Trinajstić information content (AvgIpc) is 2.39. The molecule has 3 atom stereocenters. The van der Waals surface area contributed by atoms with Gasteiger partial charge < -0.3 is 14.2 Å². The summed E-state index contributed by atoms with van der Waals surface area (Å²) in [6.45, 7) is 0. The number of ether oxygens (including phenoxy) is 3. The van der Waals surface area contributed by atoms with Crippen LogP contribution in [0.15, 0.2) is 12.2 Å². The maximum Gasteiger partial charge on any atom is 0.309 e. The molecule has 0 aromatic heterocycles. The Morgan fingerprint density at radius 2 is 1.94 bits per heavy atom. The molecule has 0 aromatic rings. The lowest BCUT2D eigenvalue weighted by Crippen LogP contribution is -2.60. The number of carbonyl (C=O) groups is 2. The Kier molecular flexibility index (Phi) is 3.05. The van der Waals surface area contributed by atoms with Crippen molar-refractivity contribution in [3.63, 3.8) is 0 Å². The number of esters is 1. The minimum atomic E-state index is -1.23. The molecule has 1 fully saturated rings. The van der Waals surface area contributed by atoms with Crippen molar-refractivity contribution in [3.8, 4) is 0 Å². The fourth-order valence-corrected chi connectivity index (χ4v) is 2.84. The van der Waals surface area contributed by atoms with Gasteiger partial charge in [0.15, 0.2) is 5.78 Å². The predicted molar refractivity (Wildman–Crippen MR) is 58.0 cm³/mol. The number of ketones is 1. The first-order chi connectivity index (χ1) is 8.10. The van der Waals surface area contributed by atoms with E-state index >= 15 is 0 Å². The normalized spacial score (nSPS) is 33.8. The third-order valence-electron chi connectivity index (χ3n) is 3.74. The lowest BCUT2D eigenvalue weighted by Gasteiger charge is -2.46. The van der Waals surface area contributed by atoms with Gasteiger partial charge in [-0.05, 0) is 6.42 Å². The van der Waals surface area contributed by atoms with Crippen molar-refractivity contribution in [1.29, 1.82) is 0 Å². The Bertz CT molecular complexity index is 369. The van der Waals surface area contributed by atoms with Crippen LogP contribution in [-0.4, -0.2) is 38.9 Å². The van der Waals surface area contributed by atoms with Gasteiger partial charge in [0.1, 0.15) is 0 Å². The molecule has 0 spiro atoms. The Hall–Kier alpha value is -1.20.